The molecule has 0 atom stereocenters. The largest absolute Gasteiger partial charge is 0.490 e. The van der Waals surface area contributed by atoms with Gasteiger partial charge in [-0.15, -0.1) is 0 Å². The predicted molar refractivity (Wildman–Crippen MR) is 71.5 cm³/mol. The Morgan fingerprint density at radius 2 is 2.00 bits per heavy atom. The minimum Gasteiger partial charge on any atom is -0.490 e. The molecule has 0 aliphatic carbocycles. The van der Waals surface area contributed by atoms with Crippen LogP contribution < -0.4 is 14.8 Å². The SMILES string of the molecule is CCNc1ccnc2cc3c(cc12)OCCCO3. The first-order chi connectivity index (χ1) is 8.88. The van der Waals surface area contributed by atoms with Gasteiger partial charge in [0.05, 0.1) is 18.7 Å². The molecule has 1 aliphatic heterocycles. The summed E-state index contributed by atoms with van der Waals surface area (Å²) in [5.74, 6) is 1.60. The Kier molecular flexibility index (Phi) is 2.92. The summed E-state index contributed by atoms with van der Waals surface area (Å²) >= 11 is 0. The molecule has 4 heteroatoms. The first-order valence-electron chi connectivity index (χ1n) is 6.30. The Labute approximate surface area is 106 Å². The van der Waals surface area contributed by atoms with E-state index in [-0.39, 0.29) is 0 Å². The number of pyridine rings is 1. The van der Waals surface area contributed by atoms with E-state index in [0.29, 0.717) is 13.2 Å². The molecule has 18 heavy (non-hydrogen) atoms. The van der Waals surface area contributed by atoms with Crippen LogP contribution in [0.15, 0.2) is 24.4 Å². The first-order valence-corrected chi connectivity index (χ1v) is 6.30. The zero-order valence-corrected chi connectivity index (χ0v) is 10.4. The minimum absolute atomic E-state index is 0.700. The third-order valence-electron chi connectivity index (χ3n) is 2.98. The molecule has 3 rings (SSSR count). The molecule has 1 aliphatic rings. The third-order valence-corrected chi connectivity index (χ3v) is 2.98. The molecule has 1 N–H and O–H groups in total. The lowest BCUT2D eigenvalue weighted by Gasteiger charge is -2.11. The van der Waals surface area contributed by atoms with Gasteiger partial charge in [0.2, 0.25) is 0 Å². The summed E-state index contributed by atoms with van der Waals surface area (Å²) in [6, 6.07) is 5.95. The van der Waals surface area contributed by atoms with Crippen molar-refractivity contribution in [2.75, 3.05) is 25.1 Å². The van der Waals surface area contributed by atoms with E-state index in [2.05, 4.69) is 17.2 Å². The highest BCUT2D eigenvalue weighted by Crippen LogP contribution is 2.35. The normalized spacial score (nSPS) is 14.3. The smallest absolute Gasteiger partial charge is 0.163 e. The summed E-state index contributed by atoms with van der Waals surface area (Å²) in [5.41, 5.74) is 2.01. The van der Waals surface area contributed by atoms with Crippen LogP contribution in [0.4, 0.5) is 5.69 Å². The van der Waals surface area contributed by atoms with Gasteiger partial charge in [-0.3, -0.25) is 4.98 Å². The second-order valence-corrected chi connectivity index (χ2v) is 4.26. The average Bonchev–Trinajstić information content (AvgIpc) is 2.62. The fraction of sp³-hybridized carbons (Fsp3) is 0.357. The van der Waals surface area contributed by atoms with Crippen molar-refractivity contribution in [3.63, 3.8) is 0 Å². The van der Waals surface area contributed by atoms with Gasteiger partial charge in [0.15, 0.2) is 11.5 Å². The van der Waals surface area contributed by atoms with Gasteiger partial charge in [-0.25, -0.2) is 0 Å². The maximum absolute atomic E-state index is 5.71. The third kappa shape index (κ3) is 1.94. The van der Waals surface area contributed by atoms with E-state index >= 15 is 0 Å². The zero-order chi connectivity index (χ0) is 12.4. The number of nitrogens with one attached hydrogen (secondary N) is 1. The molecular weight excluding hydrogens is 228 g/mol. The lowest BCUT2D eigenvalue weighted by Crippen LogP contribution is -1.98. The van der Waals surface area contributed by atoms with Crippen molar-refractivity contribution in [2.45, 2.75) is 13.3 Å². The van der Waals surface area contributed by atoms with Gasteiger partial charge in [-0.05, 0) is 19.1 Å². The maximum Gasteiger partial charge on any atom is 0.163 e. The Morgan fingerprint density at radius 3 is 2.78 bits per heavy atom. The van der Waals surface area contributed by atoms with Crippen LogP contribution >= 0.6 is 0 Å². The second-order valence-electron chi connectivity index (χ2n) is 4.26. The number of benzene rings is 1. The van der Waals surface area contributed by atoms with Gasteiger partial charge in [0.1, 0.15) is 0 Å². The molecule has 0 unspecified atom stereocenters. The van der Waals surface area contributed by atoms with Crippen molar-refractivity contribution < 1.29 is 9.47 Å². The molecule has 0 amide bonds. The number of nitrogens with zero attached hydrogens (tertiary/aromatic N) is 1. The van der Waals surface area contributed by atoms with E-state index in [9.17, 15) is 0 Å². The number of hydrogen-bond donors (Lipinski definition) is 1. The lowest BCUT2D eigenvalue weighted by atomic mass is 10.1. The maximum atomic E-state index is 5.71. The monoisotopic (exact) mass is 244 g/mol. The van der Waals surface area contributed by atoms with E-state index in [1.165, 1.54) is 0 Å². The van der Waals surface area contributed by atoms with Crippen LogP contribution in [0.5, 0.6) is 11.5 Å². The van der Waals surface area contributed by atoms with E-state index in [4.69, 9.17) is 9.47 Å². The number of anilines is 1. The summed E-state index contributed by atoms with van der Waals surface area (Å²) in [4.78, 5) is 4.39. The Hall–Kier alpha value is -1.97. The molecule has 0 saturated heterocycles. The molecule has 0 radical (unpaired) electrons. The molecule has 1 aromatic heterocycles. The topological polar surface area (TPSA) is 43.4 Å². The van der Waals surface area contributed by atoms with Gasteiger partial charge in [-0.2, -0.15) is 0 Å². The van der Waals surface area contributed by atoms with Crippen LogP contribution in [0.3, 0.4) is 0 Å². The Balaban J connectivity index is 2.15. The highest BCUT2D eigenvalue weighted by atomic mass is 16.5. The molecule has 2 aromatic rings. The highest BCUT2D eigenvalue weighted by Gasteiger charge is 2.13. The van der Waals surface area contributed by atoms with Gasteiger partial charge < -0.3 is 14.8 Å². The first kappa shape index (κ1) is 11.1. The van der Waals surface area contributed by atoms with E-state index in [0.717, 1.165) is 41.1 Å². The molecule has 0 spiro atoms. The molecular formula is C14H16N2O2. The summed E-state index contributed by atoms with van der Waals surface area (Å²) < 4.78 is 11.4. The quantitative estimate of drug-likeness (QED) is 0.882. The lowest BCUT2D eigenvalue weighted by molar-refractivity contribution is 0.297. The minimum atomic E-state index is 0.700. The molecule has 2 heterocycles. The van der Waals surface area contributed by atoms with E-state index < -0.39 is 0 Å². The summed E-state index contributed by atoms with van der Waals surface area (Å²) in [6.45, 7) is 4.36. The molecule has 94 valence electrons. The van der Waals surface area contributed by atoms with Crippen LogP contribution in [0.1, 0.15) is 13.3 Å². The van der Waals surface area contributed by atoms with E-state index in [1.54, 1.807) is 0 Å². The summed E-state index contributed by atoms with van der Waals surface area (Å²) in [5, 5.41) is 4.41. The number of rotatable bonds is 2. The number of ether oxygens (including phenoxy) is 2. The fourth-order valence-corrected chi connectivity index (χ4v) is 2.15. The number of aromatic nitrogens is 1. The molecule has 0 saturated carbocycles. The number of fused-ring (bicyclic) bond motifs is 2. The fourth-order valence-electron chi connectivity index (χ4n) is 2.15. The van der Waals surface area contributed by atoms with Crippen molar-refractivity contribution in [1.82, 2.24) is 4.98 Å². The van der Waals surface area contributed by atoms with Crippen LogP contribution in [0.25, 0.3) is 10.9 Å². The van der Waals surface area contributed by atoms with Crippen LogP contribution in [-0.4, -0.2) is 24.7 Å². The van der Waals surface area contributed by atoms with Crippen molar-refractivity contribution in [3.05, 3.63) is 24.4 Å². The second kappa shape index (κ2) is 4.72. The molecule has 0 fully saturated rings. The number of hydrogen-bond acceptors (Lipinski definition) is 4. The zero-order valence-electron chi connectivity index (χ0n) is 10.4. The highest BCUT2D eigenvalue weighted by molar-refractivity contribution is 5.93. The molecule has 1 aromatic carbocycles. The van der Waals surface area contributed by atoms with Crippen molar-refractivity contribution in [3.8, 4) is 11.5 Å². The van der Waals surface area contributed by atoms with Crippen LogP contribution in [-0.2, 0) is 0 Å². The van der Waals surface area contributed by atoms with Gasteiger partial charge >= 0.3 is 0 Å². The summed E-state index contributed by atoms with van der Waals surface area (Å²) in [7, 11) is 0. The van der Waals surface area contributed by atoms with Crippen molar-refractivity contribution in [1.29, 1.82) is 0 Å². The van der Waals surface area contributed by atoms with Crippen LogP contribution in [0.2, 0.25) is 0 Å². The van der Waals surface area contributed by atoms with Crippen molar-refractivity contribution in [2.24, 2.45) is 0 Å². The van der Waals surface area contributed by atoms with Gasteiger partial charge in [-0.1, -0.05) is 0 Å². The molecule has 0 bridgehead atoms. The summed E-state index contributed by atoms with van der Waals surface area (Å²) in [6.07, 6.45) is 2.72. The van der Waals surface area contributed by atoms with Crippen molar-refractivity contribution >= 4 is 16.6 Å². The van der Waals surface area contributed by atoms with E-state index in [1.807, 2.05) is 24.4 Å². The van der Waals surface area contributed by atoms with Gasteiger partial charge in [0.25, 0.3) is 0 Å². The Bertz CT molecular complexity index is 569. The standard InChI is InChI=1S/C14H16N2O2/c1-2-15-11-4-5-16-12-9-14-13(8-10(11)12)17-6-3-7-18-14/h4-5,8-9H,2-3,6-7H2,1H3,(H,15,16). The van der Waals surface area contributed by atoms with Crippen LogP contribution in [0, 0.1) is 0 Å². The Morgan fingerprint density at radius 1 is 1.22 bits per heavy atom. The average molecular weight is 244 g/mol. The van der Waals surface area contributed by atoms with Gasteiger partial charge in [0, 0.05) is 36.3 Å². The predicted octanol–water partition coefficient (Wildman–Crippen LogP) is 2.83. The molecule has 4 nitrogen and oxygen atoms in total.